The van der Waals surface area contributed by atoms with E-state index in [-0.39, 0.29) is 5.84 Å². The molecule has 0 aliphatic heterocycles. The van der Waals surface area contributed by atoms with Crippen LogP contribution in [0.3, 0.4) is 0 Å². The predicted molar refractivity (Wildman–Crippen MR) is 61.2 cm³/mol. The van der Waals surface area contributed by atoms with Crippen molar-refractivity contribution >= 4 is 5.84 Å². The van der Waals surface area contributed by atoms with Crippen molar-refractivity contribution in [3.63, 3.8) is 0 Å². The van der Waals surface area contributed by atoms with Gasteiger partial charge >= 0.3 is 0 Å². The molecule has 0 radical (unpaired) electrons. The summed E-state index contributed by atoms with van der Waals surface area (Å²) in [4.78, 5) is 2.30. The monoisotopic (exact) mass is 214 g/mol. The van der Waals surface area contributed by atoms with E-state index in [9.17, 15) is 0 Å². The third-order valence-corrected chi connectivity index (χ3v) is 3.37. The Bertz CT molecular complexity index is 223. The van der Waals surface area contributed by atoms with Gasteiger partial charge in [-0.25, -0.2) is 0 Å². The highest BCUT2D eigenvalue weighted by Crippen LogP contribution is 2.35. The van der Waals surface area contributed by atoms with Gasteiger partial charge in [0.2, 0.25) is 0 Å². The molecular weight excluding hydrogens is 192 g/mol. The van der Waals surface area contributed by atoms with Gasteiger partial charge in [0.25, 0.3) is 0 Å². The molecule has 1 rings (SSSR count). The molecule has 5 heteroatoms. The summed E-state index contributed by atoms with van der Waals surface area (Å²) in [6.07, 6.45) is 4.44. The molecule has 4 N–H and O–H groups in total. The van der Waals surface area contributed by atoms with Crippen molar-refractivity contribution in [3.05, 3.63) is 0 Å². The second-order valence-corrected chi connectivity index (χ2v) is 4.49. The zero-order chi connectivity index (χ0) is 11.3. The van der Waals surface area contributed by atoms with Gasteiger partial charge in [-0.3, -0.25) is 0 Å². The first-order chi connectivity index (χ1) is 7.10. The first-order valence-electron chi connectivity index (χ1n) is 5.45. The molecule has 1 saturated carbocycles. The fourth-order valence-corrected chi connectivity index (χ4v) is 1.95. The summed E-state index contributed by atoms with van der Waals surface area (Å²) in [5.74, 6) is 0.287. The molecule has 0 atom stereocenters. The highest BCUT2D eigenvalue weighted by Gasteiger charge is 2.38. The first kappa shape index (κ1) is 12.3. The van der Waals surface area contributed by atoms with Gasteiger partial charge < -0.3 is 21.2 Å². The Balaban J connectivity index is 2.19. The lowest BCUT2D eigenvalue weighted by Crippen LogP contribution is -2.56. The first-order valence-corrected chi connectivity index (χ1v) is 5.45. The van der Waals surface area contributed by atoms with Gasteiger partial charge in [-0.1, -0.05) is 5.16 Å². The molecule has 0 aromatic carbocycles. The summed E-state index contributed by atoms with van der Waals surface area (Å²) >= 11 is 0. The molecule has 1 fully saturated rings. The summed E-state index contributed by atoms with van der Waals surface area (Å²) in [6, 6.07) is 0. The summed E-state index contributed by atoms with van der Waals surface area (Å²) in [5, 5.41) is 14.7. The van der Waals surface area contributed by atoms with E-state index in [1.54, 1.807) is 0 Å². The zero-order valence-corrected chi connectivity index (χ0v) is 9.66. The number of oxime groups is 1. The van der Waals surface area contributed by atoms with Crippen LogP contribution in [-0.2, 0) is 0 Å². The number of amidine groups is 1. The van der Waals surface area contributed by atoms with Crippen molar-refractivity contribution in [2.45, 2.75) is 31.2 Å². The third-order valence-electron chi connectivity index (χ3n) is 3.37. The highest BCUT2D eigenvalue weighted by atomic mass is 16.4. The second-order valence-electron chi connectivity index (χ2n) is 4.49. The number of nitrogens with zero attached hydrogens (tertiary/aromatic N) is 2. The van der Waals surface area contributed by atoms with E-state index in [2.05, 4.69) is 29.5 Å². The fourth-order valence-electron chi connectivity index (χ4n) is 1.95. The minimum Gasteiger partial charge on any atom is -0.409 e. The number of rotatable bonds is 6. The van der Waals surface area contributed by atoms with Crippen LogP contribution >= 0.6 is 0 Å². The number of nitrogens with two attached hydrogens (primary N) is 1. The normalized spacial score (nSPS) is 20.3. The second kappa shape index (κ2) is 5.32. The molecule has 0 unspecified atom stereocenters. The number of hydrogen-bond acceptors (Lipinski definition) is 4. The minimum absolute atomic E-state index is 0.287. The van der Waals surface area contributed by atoms with Crippen LogP contribution in [0.25, 0.3) is 0 Å². The van der Waals surface area contributed by atoms with Crippen LogP contribution in [-0.4, -0.2) is 48.7 Å². The molecule has 15 heavy (non-hydrogen) atoms. The third kappa shape index (κ3) is 3.07. The Morgan fingerprint density at radius 3 is 2.60 bits per heavy atom. The van der Waals surface area contributed by atoms with E-state index < -0.39 is 0 Å². The van der Waals surface area contributed by atoms with Gasteiger partial charge in [0.1, 0.15) is 5.84 Å². The van der Waals surface area contributed by atoms with E-state index in [1.165, 1.54) is 19.3 Å². The fraction of sp³-hybridized carbons (Fsp3) is 0.900. The molecule has 5 nitrogen and oxygen atoms in total. The van der Waals surface area contributed by atoms with Crippen LogP contribution in [0.1, 0.15) is 25.7 Å². The Morgan fingerprint density at radius 2 is 2.20 bits per heavy atom. The number of hydrogen-bond donors (Lipinski definition) is 3. The van der Waals surface area contributed by atoms with E-state index in [4.69, 9.17) is 10.9 Å². The Hall–Kier alpha value is -0.810. The lowest BCUT2D eigenvalue weighted by molar-refractivity contribution is 0.0605. The standard InChI is InChI=1S/C10H22N4O/c1-14(2)10(5-3-6-10)8-12-7-4-9(11)13-15/h12,15H,3-8H2,1-2H3,(H2,11,13). The van der Waals surface area contributed by atoms with Gasteiger partial charge in [0.15, 0.2) is 0 Å². The van der Waals surface area contributed by atoms with Crippen LogP contribution in [0.4, 0.5) is 0 Å². The predicted octanol–water partition coefficient (Wildman–Crippen LogP) is 0.197. The summed E-state index contributed by atoms with van der Waals surface area (Å²) in [7, 11) is 4.26. The zero-order valence-electron chi connectivity index (χ0n) is 9.66. The van der Waals surface area contributed by atoms with Crippen LogP contribution < -0.4 is 11.1 Å². The molecule has 0 aromatic heterocycles. The van der Waals surface area contributed by atoms with E-state index in [0.29, 0.717) is 12.0 Å². The van der Waals surface area contributed by atoms with Gasteiger partial charge in [0.05, 0.1) is 0 Å². The number of likely N-dealkylation sites (N-methyl/N-ethyl adjacent to an activating group) is 1. The lowest BCUT2D eigenvalue weighted by Gasteiger charge is -2.47. The summed E-state index contributed by atoms with van der Waals surface area (Å²) in [5.41, 5.74) is 5.72. The lowest BCUT2D eigenvalue weighted by atomic mass is 9.75. The quantitative estimate of drug-likeness (QED) is 0.194. The van der Waals surface area contributed by atoms with Gasteiger partial charge in [-0.2, -0.15) is 0 Å². The maximum atomic E-state index is 8.37. The van der Waals surface area contributed by atoms with Crippen molar-refractivity contribution in [2.75, 3.05) is 27.2 Å². The van der Waals surface area contributed by atoms with E-state index in [0.717, 1.165) is 13.1 Å². The Kier molecular flexibility index (Phi) is 4.35. The average Bonchev–Trinajstić information content (AvgIpc) is 2.14. The van der Waals surface area contributed by atoms with Gasteiger partial charge in [-0.05, 0) is 33.4 Å². The molecule has 0 bridgehead atoms. The van der Waals surface area contributed by atoms with Gasteiger partial charge in [0, 0.05) is 25.0 Å². The molecule has 0 saturated heterocycles. The Labute approximate surface area is 91.3 Å². The molecule has 0 heterocycles. The van der Waals surface area contributed by atoms with Crippen molar-refractivity contribution in [2.24, 2.45) is 10.9 Å². The molecule has 0 amide bonds. The molecule has 1 aliphatic carbocycles. The topological polar surface area (TPSA) is 73.9 Å². The van der Waals surface area contributed by atoms with Crippen molar-refractivity contribution in [1.82, 2.24) is 10.2 Å². The van der Waals surface area contributed by atoms with E-state index >= 15 is 0 Å². The van der Waals surface area contributed by atoms with Crippen LogP contribution in [0.5, 0.6) is 0 Å². The van der Waals surface area contributed by atoms with Crippen LogP contribution in [0, 0.1) is 0 Å². The summed E-state index contributed by atoms with van der Waals surface area (Å²) in [6.45, 7) is 1.75. The molecule has 88 valence electrons. The van der Waals surface area contributed by atoms with Crippen molar-refractivity contribution in [1.29, 1.82) is 0 Å². The highest BCUT2D eigenvalue weighted by molar-refractivity contribution is 5.79. The SMILES string of the molecule is CN(C)C1(CNCCC(N)=NO)CCC1. The van der Waals surface area contributed by atoms with Crippen LogP contribution in [0.15, 0.2) is 5.16 Å². The minimum atomic E-state index is 0.287. The van der Waals surface area contributed by atoms with Gasteiger partial charge in [-0.15, -0.1) is 0 Å². The molecule has 1 aliphatic rings. The van der Waals surface area contributed by atoms with E-state index in [1.807, 2.05) is 0 Å². The molecular formula is C10H22N4O. The number of nitrogens with one attached hydrogen (secondary N) is 1. The van der Waals surface area contributed by atoms with Crippen molar-refractivity contribution < 1.29 is 5.21 Å². The molecule has 0 aromatic rings. The smallest absolute Gasteiger partial charge is 0.140 e. The average molecular weight is 214 g/mol. The van der Waals surface area contributed by atoms with Crippen LogP contribution in [0.2, 0.25) is 0 Å². The summed E-state index contributed by atoms with van der Waals surface area (Å²) < 4.78 is 0. The largest absolute Gasteiger partial charge is 0.409 e. The molecule has 0 spiro atoms. The van der Waals surface area contributed by atoms with Crippen molar-refractivity contribution in [3.8, 4) is 0 Å². The Morgan fingerprint density at radius 1 is 1.53 bits per heavy atom. The maximum absolute atomic E-state index is 8.37. The maximum Gasteiger partial charge on any atom is 0.140 e.